The van der Waals surface area contributed by atoms with Gasteiger partial charge in [-0.05, 0) is 19.1 Å². The second-order valence-corrected chi connectivity index (χ2v) is 7.32. The molecule has 0 aliphatic carbocycles. The Hall–Kier alpha value is -1.84. The van der Waals surface area contributed by atoms with Crippen LogP contribution < -0.4 is 9.61 Å². The van der Waals surface area contributed by atoms with Crippen LogP contribution >= 0.6 is 7.75 Å². The van der Waals surface area contributed by atoms with Gasteiger partial charge in [-0.3, -0.25) is 4.52 Å². The fourth-order valence-corrected chi connectivity index (χ4v) is 4.02. The summed E-state index contributed by atoms with van der Waals surface area (Å²) in [7, 11) is -3.89. The predicted octanol–water partition coefficient (Wildman–Crippen LogP) is 1.88. The molecular weight excluding hydrogens is 333 g/mol. The highest BCUT2D eigenvalue weighted by atomic mass is 31.2. The van der Waals surface area contributed by atoms with Crippen molar-refractivity contribution < 1.29 is 27.9 Å². The molecule has 1 N–H and O–H groups in total. The Labute approximate surface area is 140 Å². The third-order valence-electron chi connectivity index (χ3n) is 3.72. The van der Waals surface area contributed by atoms with E-state index >= 15 is 0 Å². The molecule has 0 spiro atoms. The molecule has 0 bridgehead atoms. The standard InChI is InChI=1S/C16H18NO6P/c1-3-13-16(18)22-14-9-11(2)21-15(14)10-20-24(19,17-13)23-12-7-5-4-6-8-12/h1,4-8,11,13-15H,9-10H2,2H3,(H,17,19)/t11-,13-,14?,15+,24?/m0/s1. The summed E-state index contributed by atoms with van der Waals surface area (Å²) in [6.45, 7) is 1.82. The molecule has 1 aromatic rings. The zero-order chi connectivity index (χ0) is 17.2. The largest absolute Gasteiger partial charge is 0.460 e. The van der Waals surface area contributed by atoms with Crippen LogP contribution in [0.2, 0.25) is 0 Å². The lowest BCUT2D eigenvalue weighted by molar-refractivity contribution is -0.152. The van der Waals surface area contributed by atoms with E-state index in [-0.39, 0.29) is 12.7 Å². The van der Waals surface area contributed by atoms with Gasteiger partial charge in [-0.2, -0.15) is 5.09 Å². The van der Waals surface area contributed by atoms with Crippen LogP contribution in [0.5, 0.6) is 5.75 Å². The Morgan fingerprint density at radius 1 is 1.33 bits per heavy atom. The second kappa shape index (κ2) is 6.96. The van der Waals surface area contributed by atoms with Crippen LogP contribution in [0.25, 0.3) is 0 Å². The number of carbonyl (C=O) groups is 1. The smallest absolute Gasteiger partial charge is 0.457 e. The number of terminal acetylenes is 1. The molecule has 2 heterocycles. The zero-order valence-electron chi connectivity index (χ0n) is 13.1. The van der Waals surface area contributed by atoms with E-state index in [1.807, 2.05) is 6.92 Å². The molecule has 0 saturated carbocycles. The van der Waals surface area contributed by atoms with Crippen LogP contribution in [-0.2, 0) is 23.4 Å². The van der Waals surface area contributed by atoms with Crippen LogP contribution in [-0.4, -0.2) is 36.9 Å². The van der Waals surface area contributed by atoms with Gasteiger partial charge < -0.3 is 14.0 Å². The average Bonchev–Trinajstić information content (AvgIpc) is 2.92. The minimum atomic E-state index is -3.89. The lowest BCUT2D eigenvalue weighted by atomic mass is 10.1. The maximum Gasteiger partial charge on any atom is 0.460 e. The van der Waals surface area contributed by atoms with Crippen LogP contribution in [0, 0.1) is 12.3 Å². The number of para-hydroxylation sites is 1. The van der Waals surface area contributed by atoms with Crippen molar-refractivity contribution >= 4 is 13.7 Å². The van der Waals surface area contributed by atoms with E-state index in [2.05, 4.69) is 11.0 Å². The highest BCUT2D eigenvalue weighted by molar-refractivity contribution is 7.52. The molecule has 2 aliphatic heterocycles. The van der Waals surface area contributed by atoms with Gasteiger partial charge in [0.05, 0.1) is 12.7 Å². The van der Waals surface area contributed by atoms with E-state index in [9.17, 15) is 9.36 Å². The van der Waals surface area contributed by atoms with E-state index in [0.717, 1.165) is 0 Å². The molecule has 2 unspecified atom stereocenters. The molecule has 3 rings (SSSR count). The molecule has 2 aliphatic rings. The highest BCUT2D eigenvalue weighted by Gasteiger charge is 2.43. The molecule has 0 radical (unpaired) electrons. The normalized spacial score (nSPS) is 36.4. The van der Waals surface area contributed by atoms with Crippen LogP contribution in [0.4, 0.5) is 0 Å². The van der Waals surface area contributed by atoms with Crippen LogP contribution in [0.3, 0.4) is 0 Å². The number of carbonyl (C=O) groups excluding carboxylic acids is 1. The van der Waals surface area contributed by atoms with Crippen molar-refractivity contribution in [3.63, 3.8) is 0 Å². The third kappa shape index (κ3) is 3.80. The van der Waals surface area contributed by atoms with Crippen molar-refractivity contribution in [2.75, 3.05) is 6.61 Å². The molecule has 8 heteroatoms. The highest BCUT2D eigenvalue weighted by Crippen LogP contribution is 2.46. The molecule has 0 amide bonds. The number of fused-ring (bicyclic) bond motifs is 1. The first kappa shape index (κ1) is 17.0. The molecule has 0 aromatic heterocycles. The van der Waals surface area contributed by atoms with E-state index in [1.54, 1.807) is 30.3 Å². The zero-order valence-corrected chi connectivity index (χ0v) is 14.0. The molecule has 24 heavy (non-hydrogen) atoms. The molecule has 2 fully saturated rings. The Morgan fingerprint density at radius 2 is 2.08 bits per heavy atom. The van der Waals surface area contributed by atoms with Gasteiger partial charge in [-0.1, -0.05) is 24.1 Å². The summed E-state index contributed by atoms with van der Waals surface area (Å²) in [6, 6.07) is 7.24. The Kier molecular flexibility index (Phi) is 4.93. The SMILES string of the molecule is C#C[C@@H]1NP(=O)(Oc2ccccc2)OC[C@H]2O[C@@H](C)CC2OC1=O. The van der Waals surface area contributed by atoms with Crippen molar-refractivity contribution in [3.8, 4) is 18.1 Å². The van der Waals surface area contributed by atoms with Gasteiger partial charge in [0.2, 0.25) is 0 Å². The summed E-state index contributed by atoms with van der Waals surface area (Å²) >= 11 is 0. The lowest BCUT2D eigenvalue weighted by Gasteiger charge is -2.21. The Bertz CT molecular complexity index is 688. The van der Waals surface area contributed by atoms with Crippen LogP contribution in [0.15, 0.2) is 30.3 Å². The molecule has 5 atom stereocenters. The van der Waals surface area contributed by atoms with Crippen molar-refractivity contribution in [3.05, 3.63) is 30.3 Å². The summed E-state index contributed by atoms with van der Waals surface area (Å²) in [5.41, 5.74) is 0. The minimum absolute atomic E-state index is 0.0450. The van der Waals surface area contributed by atoms with E-state index in [4.69, 9.17) is 24.9 Å². The first-order valence-corrected chi connectivity index (χ1v) is 9.12. The fourth-order valence-electron chi connectivity index (χ4n) is 2.61. The monoisotopic (exact) mass is 351 g/mol. The molecule has 128 valence electrons. The van der Waals surface area contributed by atoms with Gasteiger partial charge in [0.1, 0.15) is 18.0 Å². The maximum absolute atomic E-state index is 13.0. The van der Waals surface area contributed by atoms with E-state index in [0.29, 0.717) is 12.2 Å². The van der Waals surface area contributed by atoms with E-state index in [1.165, 1.54) is 0 Å². The summed E-state index contributed by atoms with van der Waals surface area (Å²) in [6.07, 6.45) is 4.79. The van der Waals surface area contributed by atoms with Gasteiger partial charge >= 0.3 is 13.7 Å². The van der Waals surface area contributed by atoms with Crippen molar-refractivity contribution in [1.29, 1.82) is 0 Å². The summed E-state index contributed by atoms with van der Waals surface area (Å²) in [5.74, 6) is 1.85. The Morgan fingerprint density at radius 3 is 2.79 bits per heavy atom. The number of nitrogens with one attached hydrogen (secondary N) is 1. The average molecular weight is 351 g/mol. The molecule has 7 nitrogen and oxygen atoms in total. The fraction of sp³-hybridized carbons (Fsp3) is 0.438. The number of benzene rings is 1. The van der Waals surface area contributed by atoms with Gasteiger partial charge in [0, 0.05) is 6.42 Å². The number of ether oxygens (including phenoxy) is 2. The lowest BCUT2D eigenvalue weighted by Crippen LogP contribution is -2.37. The first-order chi connectivity index (χ1) is 11.5. The number of esters is 1. The van der Waals surface area contributed by atoms with E-state index < -0.39 is 32.0 Å². The summed E-state index contributed by atoms with van der Waals surface area (Å²) in [5, 5.41) is 2.47. The molecule has 2 saturated heterocycles. The van der Waals surface area contributed by atoms with Crippen molar-refractivity contribution in [2.45, 2.75) is 37.7 Å². The van der Waals surface area contributed by atoms with Gasteiger partial charge in [0.25, 0.3) is 0 Å². The maximum atomic E-state index is 13.0. The Balaban J connectivity index is 1.85. The van der Waals surface area contributed by atoms with Crippen molar-refractivity contribution in [1.82, 2.24) is 5.09 Å². The summed E-state index contributed by atoms with van der Waals surface area (Å²) < 4.78 is 35.0. The number of rotatable bonds is 2. The second-order valence-electron chi connectivity index (χ2n) is 5.62. The van der Waals surface area contributed by atoms with Gasteiger partial charge in [0.15, 0.2) is 6.04 Å². The molecule has 1 aromatic carbocycles. The van der Waals surface area contributed by atoms with Gasteiger partial charge in [-0.15, -0.1) is 6.42 Å². The third-order valence-corrected chi connectivity index (χ3v) is 5.24. The van der Waals surface area contributed by atoms with Crippen molar-refractivity contribution in [2.24, 2.45) is 0 Å². The molecular formula is C16H18NO6P. The predicted molar refractivity (Wildman–Crippen MR) is 85.2 cm³/mol. The number of hydrogen-bond acceptors (Lipinski definition) is 6. The summed E-state index contributed by atoms with van der Waals surface area (Å²) in [4.78, 5) is 12.2. The quantitative estimate of drug-likeness (QED) is 0.495. The van der Waals surface area contributed by atoms with Crippen LogP contribution in [0.1, 0.15) is 13.3 Å². The number of hydrogen-bond donors (Lipinski definition) is 1. The van der Waals surface area contributed by atoms with Gasteiger partial charge in [-0.25, -0.2) is 9.36 Å². The first-order valence-electron chi connectivity index (χ1n) is 7.58. The minimum Gasteiger partial charge on any atom is -0.457 e. The topological polar surface area (TPSA) is 83.1 Å².